The van der Waals surface area contributed by atoms with Gasteiger partial charge in [0.05, 0.1) is 19.6 Å². The molecule has 3 aromatic rings. The van der Waals surface area contributed by atoms with Crippen molar-refractivity contribution in [2.45, 2.75) is 19.3 Å². The molecule has 0 radical (unpaired) electrons. The Morgan fingerprint density at radius 3 is 1.92 bits per heavy atom. The van der Waals surface area contributed by atoms with E-state index < -0.39 is 11.8 Å². The lowest BCUT2D eigenvalue weighted by Crippen LogP contribution is -2.48. The lowest BCUT2D eigenvalue weighted by molar-refractivity contribution is -0.141. The van der Waals surface area contributed by atoms with Crippen LogP contribution in [0, 0.1) is 11.6 Å². The van der Waals surface area contributed by atoms with Crippen LogP contribution in [0.3, 0.4) is 0 Å². The Morgan fingerprint density at radius 2 is 1.33 bits per heavy atom. The molecule has 206 valence electrons. The van der Waals surface area contributed by atoms with Crippen LogP contribution in [0.4, 0.5) is 8.78 Å². The van der Waals surface area contributed by atoms with Crippen LogP contribution >= 0.6 is 0 Å². The van der Waals surface area contributed by atoms with Gasteiger partial charge in [-0.3, -0.25) is 19.4 Å². The van der Waals surface area contributed by atoms with E-state index in [0.29, 0.717) is 25.8 Å². The van der Waals surface area contributed by atoms with Crippen LogP contribution in [0.25, 0.3) is 0 Å². The van der Waals surface area contributed by atoms with Gasteiger partial charge < -0.3 is 20.9 Å². The van der Waals surface area contributed by atoms with E-state index in [4.69, 9.17) is 5.73 Å². The molecule has 0 saturated heterocycles. The van der Waals surface area contributed by atoms with Crippen LogP contribution in [0.15, 0.2) is 72.9 Å². The standard InChI is InChI=1S/C29H33F2N5O3/c30-24-8-4-22(5-9-24)12-16-33-19-28(38)36(17-13-23-6-10-25(31)11-7-23)21-29(39)35(20-27(32)37)18-14-26-3-1-2-15-34-26/h1-11,15,33H,12-14,16-21H2,(H2,32,37). The second-order valence-corrected chi connectivity index (χ2v) is 9.10. The number of nitrogens with zero attached hydrogens (tertiary/aromatic N) is 3. The number of benzene rings is 2. The SMILES string of the molecule is NC(=O)CN(CCc1ccccn1)C(=O)CN(CCc1ccc(F)cc1)C(=O)CNCCc1ccc(F)cc1. The predicted octanol–water partition coefficient (Wildman–Crippen LogP) is 2.12. The molecule has 0 unspecified atom stereocenters. The first-order valence-electron chi connectivity index (χ1n) is 12.7. The number of nitrogens with two attached hydrogens (primary N) is 1. The van der Waals surface area contributed by atoms with Gasteiger partial charge in [-0.15, -0.1) is 0 Å². The summed E-state index contributed by atoms with van der Waals surface area (Å²) < 4.78 is 26.4. The van der Waals surface area contributed by atoms with Crippen molar-refractivity contribution < 1.29 is 23.2 Å². The summed E-state index contributed by atoms with van der Waals surface area (Å²) in [6, 6.07) is 17.5. The third kappa shape index (κ3) is 10.6. The maximum Gasteiger partial charge on any atom is 0.242 e. The van der Waals surface area contributed by atoms with E-state index in [-0.39, 0.29) is 50.3 Å². The van der Waals surface area contributed by atoms with E-state index in [1.807, 2.05) is 12.1 Å². The molecule has 1 heterocycles. The molecule has 10 heteroatoms. The molecule has 0 aliphatic heterocycles. The molecule has 2 aromatic carbocycles. The predicted molar refractivity (Wildman–Crippen MR) is 143 cm³/mol. The van der Waals surface area contributed by atoms with Crippen molar-refractivity contribution in [3.05, 3.63) is 101 Å². The fourth-order valence-corrected chi connectivity index (χ4v) is 3.94. The molecule has 0 fully saturated rings. The Balaban J connectivity index is 1.62. The van der Waals surface area contributed by atoms with Gasteiger partial charge >= 0.3 is 0 Å². The van der Waals surface area contributed by atoms with Crippen LogP contribution in [-0.4, -0.2) is 71.8 Å². The van der Waals surface area contributed by atoms with Gasteiger partial charge in [0, 0.05) is 31.4 Å². The molecule has 0 saturated carbocycles. The average Bonchev–Trinajstić information content (AvgIpc) is 2.93. The Hall–Kier alpha value is -4.18. The fourth-order valence-electron chi connectivity index (χ4n) is 3.94. The summed E-state index contributed by atoms with van der Waals surface area (Å²) in [5.74, 6) is -2.04. The quantitative estimate of drug-likeness (QED) is 0.289. The highest BCUT2D eigenvalue weighted by Gasteiger charge is 2.22. The number of hydrogen-bond acceptors (Lipinski definition) is 5. The van der Waals surface area contributed by atoms with Gasteiger partial charge in [-0.1, -0.05) is 30.3 Å². The minimum Gasteiger partial charge on any atom is -0.368 e. The molecule has 3 amide bonds. The van der Waals surface area contributed by atoms with Crippen molar-refractivity contribution in [3.63, 3.8) is 0 Å². The van der Waals surface area contributed by atoms with E-state index in [9.17, 15) is 23.2 Å². The summed E-state index contributed by atoms with van der Waals surface area (Å²) >= 11 is 0. The van der Waals surface area contributed by atoms with Crippen LogP contribution < -0.4 is 11.1 Å². The Kier molecular flexibility index (Phi) is 11.5. The van der Waals surface area contributed by atoms with Crippen molar-refractivity contribution in [1.29, 1.82) is 0 Å². The average molecular weight is 538 g/mol. The minimum absolute atomic E-state index is 0.0123. The van der Waals surface area contributed by atoms with Gasteiger partial charge in [-0.2, -0.15) is 0 Å². The smallest absolute Gasteiger partial charge is 0.242 e. The van der Waals surface area contributed by atoms with Crippen molar-refractivity contribution in [2.75, 3.05) is 39.3 Å². The van der Waals surface area contributed by atoms with E-state index in [2.05, 4.69) is 10.3 Å². The lowest BCUT2D eigenvalue weighted by Gasteiger charge is -2.27. The van der Waals surface area contributed by atoms with Gasteiger partial charge in [-0.05, 0) is 66.9 Å². The monoisotopic (exact) mass is 537 g/mol. The number of pyridine rings is 1. The summed E-state index contributed by atoms with van der Waals surface area (Å²) in [5, 5.41) is 3.07. The van der Waals surface area contributed by atoms with Crippen LogP contribution in [0.5, 0.6) is 0 Å². The highest BCUT2D eigenvalue weighted by atomic mass is 19.1. The molecule has 39 heavy (non-hydrogen) atoms. The highest BCUT2D eigenvalue weighted by Crippen LogP contribution is 2.07. The number of nitrogens with one attached hydrogen (secondary N) is 1. The summed E-state index contributed by atoms with van der Waals surface area (Å²) in [6.45, 7) is 0.391. The Morgan fingerprint density at radius 1 is 0.744 bits per heavy atom. The molecular formula is C29H33F2N5O3. The van der Waals surface area contributed by atoms with Gasteiger partial charge in [0.1, 0.15) is 11.6 Å². The van der Waals surface area contributed by atoms with E-state index in [1.54, 1.807) is 36.5 Å². The molecule has 0 bridgehead atoms. The zero-order chi connectivity index (χ0) is 28.0. The lowest BCUT2D eigenvalue weighted by atomic mass is 10.1. The fraction of sp³-hybridized carbons (Fsp3) is 0.310. The molecular weight excluding hydrogens is 504 g/mol. The molecule has 3 rings (SSSR count). The summed E-state index contributed by atoms with van der Waals surface area (Å²) in [7, 11) is 0. The van der Waals surface area contributed by atoms with Crippen LogP contribution in [0.2, 0.25) is 0 Å². The summed E-state index contributed by atoms with van der Waals surface area (Å²) in [4.78, 5) is 45.0. The number of primary amides is 1. The van der Waals surface area contributed by atoms with Gasteiger partial charge in [0.25, 0.3) is 0 Å². The number of rotatable bonds is 15. The first-order chi connectivity index (χ1) is 18.8. The number of amides is 3. The van der Waals surface area contributed by atoms with Gasteiger partial charge in [0.2, 0.25) is 17.7 Å². The topological polar surface area (TPSA) is 109 Å². The van der Waals surface area contributed by atoms with E-state index in [0.717, 1.165) is 16.8 Å². The molecule has 8 nitrogen and oxygen atoms in total. The summed E-state index contributed by atoms with van der Waals surface area (Å²) in [5.41, 5.74) is 7.88. The Bertz CT molecular complexity index is 1210. The van der Waals surface area contributed by atoms with Crippen molar-refractivity contribution in [1.82, 2.24) is 20.1 Å². The molecule has 0 spiro atoms. The third-order valence-corrected chi connectivity index (χ3v) is 6.11. The number of aromatic nitrogens is 1. The largest absolute Gasteiger partial charge is 0.368 e. The molecule has 0 atom stereocenters. The summed E-state index contributed by atoms with van der Waals surface area (Å²) in [6.07, 6.45) is 3.09. The molecule has 0 aliphatic rings. The first kappa shape index (κ1) is 29.4. The second-order valence-electron chi connectivity index (χ2n) is 9.10. The van der Waals surface area contributed by atoms with Gasteiger partial charge in [-0.25, -0.2) is 8.78 Å². The van der Waals surface area contributed by atoms with Crippen molar-refractivity contribution >= 4 is 17.7 Å². The van der Waals surface area contributed by atoms with E-state index >= 15 is 0 Å². The minimum atomic E-state index is -0.656. The van der Waals surface area contributed by atoms with Gasteiger partial charge in [0.15, 0.2) is 0 Å². The zero-order valence-corrected chi connectivity index (χ0v) is 21.7. The third-order valence-electron chi connectivity index (χ3n) is 6.11. The maximum absolute atomic E-state index is 13.3. The number of carbonyl (C=O) groups excluding carboxylic acids is 3. The van der Waals surface area contributed by atoms with Crippen LogP contribution in [0.1, 0.15) is 16.8 Å². The molecule has 1 aromatic heterocycles. The molecule has 3 N–H and O–H groups in total. The maximum atomic E-state index is 13.3. The number of hydrogen-bond donors (Lipinski definition) is 2. The second kappa shape index (κ2) is 15.3. The first-order valence-corrected chi connectivity index (χ1v) is 12.7. The highest BCUT2D eigenvalue weighted by molar-refractivity contribution is 5.88. The molecule has 0 aliphatic carbocycles. The van der Waals surface area contributed by atoms with Crippen molar-refractivity contribution in [3.8, 4) is 0 Å². The van der Waals surface area contributed by atoms with Crippen LogP contribution in [-0.2, 0) is 33.6 Å². The number of carbonyl (C=O) groups is 3. The van der Waals surface area contributed by atoms with E-state index in [1.165, 1.54) is 34.1 Å². The zero-order valence-electron chi connectivity index (χ0n) is 21.7. The Labute approximate surface area is 226 Å². The normalized spacial score (nSPS) is 10.7. The number of halogens is 2. The van der Waals surface area contributed by atoms with Crippen molar-refractivity contribution in [2.24, 2.45) is 5.73 Å².